The van der Waals surface area contributed by atoms with E-state index in [4.69, 9.17) is 9.84 Å². The maximum Gasteiger partial charge on any atom is 0.338 e. The van der Waals surface area contributed by atoms with E-state index in [0.29, 0.717) is 25.0 Å². The number of rotatable bonds is 6. The molecule has 0 aliphatic carbocycles. The Labute approximate surface area is 123 Å². The van der Waals surface area contributed by atoms with Crippen molar-refractivity contribution in [3.05, 3.63) is 54.1 Å². The van der Waals surface area contributed by atoms with Gasteiger partial charge in [0.15, 0.2) is 0 Å². The van der Waals surface area contributed by atoms with Gasteiger partial charge in [0.1, 0.15) is 5.75 Å². The van der Waals surface area contributed by atoms with Gasteiger partial charge in [-0.25, -0.2) is 4.79 Å². The second kappa shape index (κ2) is 7.45. The highest BCUT2D eigenvalue weighted by Gasteiger charge is 2.07. The number of hydrogen-bond acceptors (Lipinski definition) is 4. The highest BCUT2D eigenvalue weighted by molar-refractivity contribution is 5.90. The van der Waals surface area contributed by atoms with E-state index in [1.165, 1.54) is 0 Å². The number of unbranched alkanes of at least 4 members (excludes halogenated alkanes) is 1. The highest BCUT2D eigenvalue weighted by atomic mass is 16.5. The summed E-state index contributed by atoms with van der Waals surface area (Å²) >= 11 is 0. The molecule has 0 aromatic heterocycles. The number of benzene rings is 2. The number of aliphatic hydroxyl groups is 1. The van der Waals surface area contributed by atoms with Gasteiger partial charge in [-0.3, -0.25) is 0 Å². The van der Waals surface area contributed by atoms with Crippen molar-refractivity contribution in [1.82, 2.24) is 0 Å². The molecule has 0 radical (unpaired) electrons. The first kappa shape index (κ1) is 15.1. The van der Waals surface area contributed by atoms with E-state index in [1.807, 2.05) is 24.3 Å². The molecule has 0 bridgehead atoms. The van der Waals surface area contributed by atoms with Crippen molar-refractivity contribution >= 4 is 5.97 Å². The summed E-state index contributed by atoms with van der Waals surface area (Å²) in [6.45, 7) is 0.429. The molecule has 2 aromatic carbocycles. The summed E-state index contributed by atoms with van der Waals surface area (Å²) in [4.78, 5) is 11.8. The number of aliphatic hydroxyl groups excluding tert-OH is 1. The van der Waals surface area contributed by atoms with Gasteiger partial charge < -0.3 is 14.9 Å². The molecule has 0 fully saturated rings. The molecule has 4 nitrogen and oxygen atoms in total. The van der Waals surface area contributed by atoms with E-state index >= 15 is 0 Å². The Hall–Kier alpha value is -2.33. The first-order chi connectivity index (χ1) is 10.2. The third-order valence-electron chi connectivity index (χ3n) is 3.11. The second-order valence-electron chi connectivity index (χ2n) is 4.69. The summed E-state index contributed by atoms with van der Waals surface area (Å²) in [5, 5.41) is 17.9. The molecule has 0 spiro atoms. The predicted octanol–water partition coefficient (Wildman–Crippen LogP) is 2.99. The second-order valence-corrected chi connectivity index (χ2v) is 4.69. The molecule has 0 saturated carbocycles. The van der Waals surface area contributed by atoms with Crippen LogP contribution in [0.3, 0.4) is 0 Å². The Balaban J connectivity index is 1.98. The average Bonchev–Trinajstić information content (AvgIpc) is 2.52. The lowest BCUT2D eigenvalue weighted by molar-refractivity contribution is 0.0492. The van der Waals surface area contributed by atoms with Gasteiger partial charge in [-0.2, -0.15) is 0 Å². The zero-order valence-electron chi connectivity index (χ0n) is 11.7. The molecule has 2 rings (SSSR count). The van der Waals surface area contributed by atoms with Crippen molar-refractivity contribution in [1.29, 1.82) is 0 Å². The number of aromatic hydroxyl groups is 1. The molecule has 0 aliphatic heterocycles. The lowest BCUT2D eigenvalue weighted by Gasteiger charge is -2.06. The van der Waals surface area contributed by atoms with E-state index < -0.39 is 0 Å². The van der Waals surface area contributed by atoms with Crippen LogP contribution in [0.25, 0.3) is 11.1 Å². The minimum absolute atomic E-state index is 0.110. The van der Waals surface area contributed by atoms with Gasteiger partial charge in [0.25, 0.3) is 0 Å². The van der Waals surface area contributed by atoms with E-state index in [1.54, 1.807) is 24.3 Å². The van der Waals surface area contributed by atoms with Crippen LogP contribution >= 0.6 is 0 Å². The minimum Gasteiger partial charge on any atom is -0.508 e. The lowest BCUT2D eigenvalue weighted by atomic mass is 10.0. The third-order valence-corrected chi connectivity index (χ3v) is 3.11. The number of carbonyl (C=O) groups excluding carboxylic acids is 1. The van der Waals surface area contributed by atoms with Crippen LogP contribution in [0.1, 0.15) is 23.2 Å². The molecule has 0 saturated heterocycles. The van der Waals surface area contributed by atoms with Crippen LogP contribution in [0.5, 0.6) is 5.75 Å². The molecule has 0 atom stereocenters. The van der Waals surface area contributed by atoms with Crippen molar-refractivity contribution < 1.29 is 19.7 Å². The molecule has 110 valence electrons. The number of phenolic OH excluding ortho intramolecular Hbond substituents is 1. The fourth-order valence-electron chi connectivity index (χ4n) is 1.91. The molecule has 0 heterocycles. The van der Waals surface area contributed by atoms with Crippen LogP contribution in [0, 0.1) is 0 Å². The number of ether oxygens (including phenoxy) is 1. The molecular formula is C17H18O4. The molecule has 0 amide bonds. The minimum atomic E-state index is -0.356. The highest BCUT2D eigenvalue weighted by Crippen LogP contribution is 2.22. The van der Waals surface area contributed by atoms with E-state index in [0.717, 1.165) is 11.1 Å². The van der Waals surface area contributed by atoms with Crippen LogP contribution in [0.4, 0.5) is 0 Å². The molecule has 2 aromatic rings. The maximum absolute atomic E-state index is 11.8. The van der Waals surface area contributed by atoms with Crippen molar-refractivity contribution in [3.8, 4) is 16.9 Å². The Kier molecular flexibility index (Phi) is 5.35. The molecular weight excluding hydrogens is 268 g/mol. The Morgan fingerprint density at radius 3 is 2.05 bits per heavy atom. The van der Waals surface area contributed by atoms with Gasteiger partial charge in [0.2, 0.25) is 0 Å². The number of phenols is 1. The summed E-state index contributed by atoms with van der Waals surface area (Å²) < 4.78 is 5.11. The van der Waals surface area contributed by atoms with E-state index in [-0.39, 0.29) is 18.3 Å². The Bertz CT molecular complexity index is 573. The Morgan fingerprint density at radius 2 is 1.48 bits per heavy atom. The third kappa shape index (κ3) is 4.33. The largest absolute Gasteiger partial charge is 0.508 e. The zero-order valence-corrected chi connectivity index (χ0v) is 11.7. The van der Waals surface area contributed by atoms with E-state index in [2.05, 4.69) is 0 Å². The summed E-state index contributed by atoms with van der Waals surface area (Å²) in [5.41, 5.74) is 2.43. The van der Waals surface area contributed by atoms with Crippen LogP contribution in [0.2, 0.25) is 0 Å². The fourth-order valence-corrected chi connectivity index (χ4v) is 1.91. The van der Waals surface area contributed by atoms with Crippen LogP contribution in [0.15, 0.2) is 48.5 Å². The van der Waals surface area contributed by atoms with Gasteiger partial charge in [-0.1, -0.05) is 24.3 Å². The molecule has 21 heavy (non-hydrogen) atoms. The molecule has 0 unspecified atom stereocenters. The van der Waals surface area contributed by atoms with Crippen LogP contribution < -0.4 is 0 Å². The quantitative estimate of drug-likeness (QED) is 0.633. The van der Waals surface area contributed by atoms with Crippen molar-refractivity contribution in [2.75, 3.05) is 13.2 Å². The molecule has 4 heteroatoms. The lowest BCUT2D eigenvalue weighted by Crippen LogP contribution is -2.06. The maximum atomic E-state index is 11.8. The first-order valence-electron chi connectivity index (χ1n) is 6.88. The van der Waals surface area contributed by atoms with Crippen LogP contribution in [-0.2, 0) is 4.74 Å². The van der Waals surface area contributed by atoms with E-state index in [9.17, 15) is 9.90 Å². The number of carbonyl (C=O) groups is 1. The predicted molar refractivity (Wildman–Crippen MR) is 80.1 cm³/mol. The summed E-state index contributed by atoms with van der Waals surface area (Å²) in [6.07, 6.45) is 1.29. The topological polar surface area (TPSA) is 66.8 Å². The van der Waals surface area contributed by atoms with Crippen molar-refractivity contribution in [2.45, 2.75) is 12.8 Å². The van der Waals surface area contributed by atoms with Crippen molar-refractivity contribution in [3.63, 3.8) is 0 Å². The summed E-state index contributed by atoms with van der Waals surface area (Å²) in [6, 6.07) is 14.0. The van der Waals surface area contributed by atoms with Crippen molar-refractivity contribution in [2.24, 2.45) is 0 Å². The average molecular weight is 286 g/mol. The Morgan fingerprint density at radius 1 is 0.905 bits per heavy atom. The van der Waals surface area contributed by atoms with Gasteiger partial charge in [0, 0.05) is 6.61 Å². The molecule has 2 N–H and O–H groups in total. The summed E-state index contributed by atoms with van der Waals surface area (Å²) in [5.74, 6) is -0.132. The van der Waals surface area contributed by atoms with Gasteiger partial charge >= 0.3 is 5.97 Å². The number of esters is 1. The SMILES string of the molecule is O=C(OCCCCO)c1ccc(-c2ccc(O)cc2)cc1. The van der Waals surface area contributed by atoms with Gasteiger partial charge in [-0.15, -0.1) is 0 Å². The smallest absolute Gasteiger partial charge is 0.338 e. The van der Waals surface area contributed by atoms with Gasteiger partial charge in [0.05, 0.1) is 12.2 Å². The fraction of sp³-hybridized carbons (Fsp3) is 0.235. The zero-order chi connectivity index (χ0) is 15.1. The van der Waals surface area contributed by atoms with Gasteiger partial charge in [-0.05, 0) is 48.2 Å². The standard InChI is InChI=1S/C17H18O4/c18-11-1-2-12-21-17(20)15-5-3-13(4-6-15)14-7-9-16(19)10-8-14/h3-10,18-19H,1-2,11-12H2. The number of hydrogen-bond donors (Lipinski definition) is 2. The van der Waals surface area contributed by atoms with Crippen LogP contribution in [-0.4, -0.2) is 29.4 Å². The molecule has 0 aliphatic rings. The summed E-state index contributed by atoms with van der Waals surface area (Å²) in [7, 11) is 0. The first-order valence-corrected chi connectivity index (χ1v) is 6.88. The monoisotopic (exact) mass is 286 g/mol. The normalized spacial score (nSPS) is 10.3.